The molecule has 6 nitrogen and oxygen atoms in total. The van der Waals surface area contributed by atoms with Crippen LogP contribution in [0.4, 0.5) is 0 Å². The smallest absolute Gasteiger partial charge is 0.223 e. The molecule has 3 N–H and O–H groups in total. The Bertz CT molecular complexity index is 357. The Hall–Kier alpha value is -0.570. The molecule has 0 saturated heterocycles. The van der Waals surface area contributed by atoms with Crippen LogP contribution < -0.4 is 16.0 Å². The predicted octanol–water partition coefficient (Wildman–Crippen LogP) is 1.81. The van der Waals surface area contributed by atoms with Crippen molar-refractivity contribution in [3.8, 4) is 0 Å². The average Bonchev–Trinajstić information content (AvgIpc) is 3.39. The van der Waals surface area contributed by atoms with Crippen LogP contribution in [0.3, 0.4) is 0 Å². The second-order valence-corrected chi connectivity index (χ2v) is 5.99. The molecule has 7 heteroatoms. The van der Waals surface area contributed by atoms with E-state index in [1.165, 1.54) is 6.42 Å². The number of aliphatic imine (C=N–C) groups is 1. The zero-order valence-electron chi connectivity index (χ0n) is 15.6. The summed E-state index contributed by atoms with van der Waals surface area (Å²) in [4.78, 5) is 18.6. The summed E-state index contributed by atoms with van der Waals surface area (Å²) in [5, 5.41) is 9.47. The van der Waals surface area contributed by atoms with Gasteiger partial charge in [0.15, 0.2) is 5.96 Å². The number of rotatable bonds is 12. The van der Waals surface area contributed by atoms with Crippen molar-refractivity contribution in [2.45, 2.75) is 46.5 Å². The molecule has 1 aliphatic rings. The van der Waals surface area contributed by atoms with E-state index in [1.807, 2.05) is 0 Å². The van der Waals surface area contributed by atoms with Gasteiger partial charge in [-0.2, -0.15) is 0 Å². The van der Waals surface area contributed by atoms with Crippen LogP contribution in [-0.2, 0) is 4.79 Å². The summed E-state index contributed by atoms with van der Waals surface area (Å²) in [6.45, 7) is 12.9. The maximum Gasteiger partial charge on any atom is 0.223 e. The third-order valence-corrected chi connectivity index (χ3v) is 4.06. The molecule has 1 rings (SSSR count). The van der Waals surface area contributed by atoms with Crippen LogP contribution in [-0.4, -0.2) is 62.6 Å². The quantitative estimate of drug-likeness (QED) is 0.183. The number of nitrogens with one attached hydrogen (secondary N) is 3. The van der Waals surface area contributed by atoms with Crippen molar-refractivity contribution in [1.82, 2.24) is 20.9 Å². The molecule has 1 amide bonds. The van der Waals surface area contributed by atoms with E-state index < -0.39 is 0 Å². The number of hydrogen-bond donors (Lipinski definition) is 3. The molecule has 1 aliphatic carbocycles. The molecule has 0 aromatic carbocycles. The van der Waals surface area contributed by atoms with Crippen LogP contribution in [0.25, 0.3) is 0 Å². The van der Waals surface area contributed by atoms with E-state index in [2.05, 4.69) is 46.6 Å². The van der Waals surface area contributed by atoms with Gasteiger partial charge in [0.05, 0.1) is 0 Å². The molecular formula is C17H36IN5O. The van der Waals surface area contributed by atoms with Crippen molar-refractivity contribution >= 4 is 35.8 Å². The van der Waals surface area contributed by atoms with Crippen LogP contribution in [0.1, 0.15) is 46.5 Å². The van der Waals surface area contributed by atoms with Gasteiger partial charge in [0.1, 0.15) is 0 Å². The molecule has 1 saturated carbocycles. The van der Waals surface area contributed by atoms with Gasteiger partial charge in [0.25, 0.3) is 0 Å². The van der Waals surface area contributed by atoms with Crippen molar-refractivity contribution in [2.75, 3.05) is 45.8 Å². The molecule has 0 radical (unpaired) electrons. The first-order valence-electron chi connectivity index (χ1n) is 9.23. The number of amides is 1. The van der Waals surface area contributed by atoms with E-state index in [0.717, 1.165) is 57.9 Å². The predicted molar refractivity (Wildman–Crippen MR) is 112 cm³/mol. The number of guanidine groups is 1. The number of carbonyl (C=O) groups excluding carboxylic acids is 1. The third-order valence-electron chi connectivity index (χ3n) is 4.06. The monoisotopic (exact) mass is 453 g/mol. The minimum Gasteiger partial charge on any atom is -0.357 e. The van der Waals surface area contributed by atoms with Gasteiger partial charge in [-0.05, 0) is 52.2 Å². The normalized spacial score (nSPS) is 14.2. The van der Waals surface area contributed by atoms with Gasteiger partial charge in [0.2, 0.25) is 5.91 Å². The lowest BCUT2D eigenvalue weighted by Gasteiger charge is -2.17. The molecule has 24 heavy (non-hydrogen) atoms. The molecule has 0 unspecified atom stereocenters. The lowest BCUT2D eigenvalue weighted by molar-refractivity contribution is -0.122. The fourth-order valence-corrected chi connectivity index (χ4v) is 2.38. The minimum absolute atomic E-state index is 0. The van der Waals surface area contributed by atoms with Crippen LogP contribution in [0.5, 0.6) is 0 Å². The lowest BCUT2D eigenvalue weighted by Crippen LogP contribution is -2.41. The van der Waals surface area contributed by atoms with Crippen molar-refractivity contribution in [2.24, 2.45) is 10.9 Å². The molecule has 0 aromatic rings. The summed E-state index contributed by atoms with van der Waals surface area (Å²) in [5.41, 5.74) is 0. The minimum atomic E-state index is 0. The Morgan fingerprint density at radius 1 is 1.04 bits per heavy atom. The molecule has 0 bridgehead atoms. The first kappa shape index (κ1) is 23.4. The van der Waals surface area contributed by atoms with E-state index in [4.69, 9.17) is 0 Å². The van der Waals surface area contributed by atoms with Crippen LogP contribution in [0.2, 0.25) is 0 Å². The van der Waals surface area contributed by atoms with E-state index in [0.29, 0.717) is 13.1 Å². The molecule has 0 spiro atoms. The first-order valence-corrected chi connectivity index (χ1v) is 9.23. The van der Waals surface area contributed by atoms with E-state index in [-0.39, 0.29) is 35.8 Å². The summed E-state index contributed by atoms with van der Waals surface area (Å²) in [6.07, 6.45) is 4.39. The van der Waals surface area contributed by atoms with Gasteiger partial charge < -0.3 is 20.9 Å². The van der Waals surface area contributed by atoms with E-state index >= 15 is 0 Å². The molecule has 142 valence electrons. The van der Waals surface area contributed by atoms with Crippen molar-refractivity contribution in [3.05, 3.63) is 0 Å². The Balaban J connectivity index is 0.00000529. The number of unbranched alkanes of at least 4 members (excludes halogenated alkanes) is 1. The van der Waals surface area contributed by atoms with Gasteiger partial charge in [-0.25, -0.2) is 0 Å². The van der Waals surface area contributed by atoms with Gasteiger partial charge in [-0.15, -0.1) is 24.0 Å². The highest BCUT2D eigenvalue weighted by atomic mass is 127. The Morgan fingerprint density at radius 3 is 2.29 bits per heavy atom. The molecule has 0 heterocycles. The number of halogens is 1. The maximum absolute atomic E-state index is 11.5. The number of carbonyl (C=O) groups is 1. The topological polar surface area (TPSA) is 68.8 Å². The second kappa shape index (κ2) is 14.7. The van der Waals surface area contributed by atoms with E-state index in [1.54, 1.807) is 0 Å². The molecule has 0 atom stereocenters. The van der Waals surface area contributed by atoms with Crippen molar-refractivity contribution < 1.29 is 4.79 Å². The second-order valence-electron chi connectivity index (χ2n) is 5.99. The fraction of sp³-hybridized carbons (Fsp3) is 0.882. The SMILES string of the molecule is CCNC(=NCCCCN(CC)CC)NCCNC(=O)C1CC1.I. The largest absolute Gasteiger partial charge is 0.357 e. The molecule has 1 fully saturated rings. The third kappa shape index (κ3) is 11.1. The van der Waals surface area contributed by atoms with Crippen LogP contribution in [0, 0.1) is 5.92 Å². The Kier molecular flexibility index (Phi) is 14.4. The zero-order valence-corrected chi connectivity index (χ0v) is 17.9. The molecule has 0 aromatic heterocycles. The standard InChI is InChI=1S/C17H35N5O.HI/c1-4-18-17(20-11-7-8-14-22(5-2)6-3)21-13-12-19-16(23)15-9-10-15;/h15H,4-14H2,1-3H3,(H,19,23)(H2,18,20,21);1H. The summed E-state index contributed by atoms with van der Waals surface area (Å²) >= 11 is 0. The fourth-order valence-electron chi connectivity index (χ4n) is 2.38. The van der Waals surface area contributed by atoms with E-state index in [9.17, 15) is 4.79 Å². The van der Waals surface area contributed by atoms with Crippen LogP contribution >= 0.6 is 24.0 Å². The van der Waals surface area contributed by atoms with Crippen molar-refractivity contribution in [1.29, 1.82) is 0 Å². The highest BCUT2D eigenvalue weighted by molar-refractivity contribution is 14.0. The first-order chi connectivity index (χ1) is 11.2. The van der Waals surface area contributed by atoms with Gasteiger partial charge in [-0.3, -0.25) is 9.79 Å². The highest BCUT2D eigenvalue weighted by Gasteiger charge is 2.28. The average molecular weight is 453 g/mol. The van der Waals surface area contributed by atoms with Gasteiger partial charge in [-0.1, -0.05) is 13.8 Å². The van der Waals surface area contributed by atoms with Crippen LogP contribution in [0.15, 0.2) is 4.99 Å². The Morgan fingerprint density at radius 2 is 1.71 bits per heavy atom. The molecular weight excluding hydrogens is 417 g/mol. The Labute approximate surface area is 164 Å². The van der Waals surface area contributed by atoms with Gasteiger partial charge >= 0.3 is 0 Å². The zero-order chi connectivity index (χ0) is 16.9. The van der Waals surface area contributed by atoms with Crippen molar-refractivity contribution in [3.63, 3.8) is 0 Å². The highest BCUT2D eigenvalue weighted by Crippen LogP contribution is 2.28. The molecule has 0 aliphatic heterocycles. The number of hydrogen-bond acceptors (Lipinski definition) is 3. The summed E-state index contributed by atoms with van der Waals surface area (Å²) in [6, 6.07) is 0. The summed E-state index contributed by atoms with van der Waals surface area (Å²) in [5.74, 6) is 1.32. The summed E-state index contributed by atoms with van der Waals surface area (Å²) in [7, 11) is 0. The number of nitrogens with zero attached hydrogens (tertiary/aromatic N) is 2. The maximum atomic E-state index is 11.5. The van der Waals surface area contributed by atoms with Gasteiger partial charge in [0, 0.05) is 32.1 Å². The summed E-state index contributed by atoms with van der Waals surface area (Å²) < 4.78 is 0. The lowest BCUT2D eigenvalue weighted by atomic mass is 10.3.